The number of piperazine rings is 1. The Morgan fingerprint density at radius 2 is 1.79 bits per heavy atom. The third kappa shape index (κ3) is 4.48. The van der Waals surface area contributed by atoms with Crippen LogP contribution in [0.15, 0.2) is 42.6 Å². The fraction of sp³-hybridized carbons (Fsp3) is 0.381. The Kier molecular flexibility index (Phi) is 5.90. The lowest BCUT2D eigenvalue weighted by Crippen LogP contribution is -2.48. The first-order chi connectivity index (χ1) is 14.2. The first-order valence-electron chi connectivity index (χ1n) is 9.88. The second-order valence-corrected chi connectivity index (χ2v) is 7.10. The summed E-state index contributed by atoms with van der Waals surface area (Å²) in [5, 5.41) is 3.37. The molecule has 2 fully saturated rings. The predicted molar refractivity (Wildman–Crippen MR) is 111 cm³/mol. The van der Waals surface area contributed by atoms with Crippen LogP contribution in [0.3, 0.4) is 0 Å². The molecule has 152 valence electrons. The van der Waals surface area contributed by atoms with Gasteiger partial charge < -0.3 is 24.8 Å². The van der Waals surface area contributed by atoms with Gasteiger partial charge in [-0.3, -0.25) is 9.59 Å². The Balaban J connectivity index is 1.48. The molecule has 29 heavy (non-hydrogen) atoms. The largest absolute Gasteiger partial charge is 0.378 e. The number of anilines is 3. The van der Waals surface area contributed by atoms with E-state index in [1.165, 1.54) is 0 Å². The fourth-order valence-corrected chi connectivity index (χ4v) is 3.64. The van der Waals surface area contributed by atoms with E-state index in [1.807, 2.05) is 18.2 Å². The number of pyridine rings is 1. The minimum atomic E-state index is -0.0394. The molecule has 0 bridgehead atoms. The zero-order valence-corrected chi connectivity index (χ0v) is 16.3. The molecule has 8 heteroatoms. The number of rotatable bonds is 5. The molecule has 2 aromatic rings. The maximum Gasteiger partial charge on any atom is 0.254 e. The Labute approximate surface area is 170 Å². The predicted octanol–water partition coefficient (Wildman–Crippen LogP) is 1.58. The van der Waals surface area contributed by atoms with Gasteiger partial charge in [-0.1, -0.05) is 12.1 Å². The van der Waals surface area contributed by atoms with Crippen molar-refractivity contribution in [3.8, 4) is 0 Å². The molecule has 2 amide bonds. The molecule has 2 saturated heterocycles. The Hall–Kier alpha value is -3.13. The van der Waals surface area contributed by atoms with E-state index in [0.29, 0.717) is 50.8 Å². The van der Waals surface area contributed by atoms with E-state index >= 15 is 0 Å². The summed E-state index contributed by atoms with van der Waals surface area (Å²) in [6.45, 7) is 5.35. The van der Waals surface area contributed by atoms with Crippen molar-refractivity contribution in [2.45, 2.75) is 0 Å². The lowest BCUT2D eigenvalue weighted by atomic mass is 10.2. The summed E-state index contributed by atoms with van der Waals surface area (Å²) in [7, 11) is 0. The first-order valence-corrected chi connectivity index (χ1v) is 9.88. The lowest BCUT2D eigenvalue weighted by molar-refractivity contribution is -0.119. The van der Waals surface area contributed by atoms with Gasteiger partial charge in [0.1, 0.15) is 5.82 Å². The summed E-state index contributed by atoms with van der Waals surface area (Å²) in [5.41, 5.74) is 2.64. The molecule has 0 unspecified atom stereocenters. The first kappa shape index (κ1) is 19.2. The normalized spacial score (nSPS) is 17.2. The third-order valence-corrected chi connectivity index (χ3v) is 5.28. The van der Waals surface area contributed by atoms with Crippen LogP contribution in [0, 0.1) is 0 Å². The van der Waals surface area contributed by atoms with Gasteiger partial charge in [0.2, 0.25) is 6.41 Å². The highest BCUT2D eigenvalue weighted by atomic mass is 16.5. The van der Waals surface area contributed by atoms with Crippen LogP contribution in [0.5, 0.6) is 0 Å². The van der Waals surface area contributed by atoms with E-state index < -0.39 is 0 Å². The third-order valence-electron chi connectivity index (χ3n) is 5.28. The minimum absolute atomic E-state index is 0.0394. The molecule has 4 rings (SSSR count). The molecule has 2 aliphatic rings. The van der Waals surface area contributed by atoms with Crippen molar-refractivity contribution in [2.24, 2.45) is 0 Å². The number of hydrogen-bond donors (Lipinski definition) is 1. The summed E-state index contributed by atoms with van der Waals surface area (Å²) < 4.78 is 5.45. The minimum Gasteiger partial charge on any atom is -0.378 e. The van der Waals surface area contributed by atoms with E-state index in [-0.39, 0.29) is 5.91 Å². The topological polar surface area (TPSA) is 78.0 Å². The standard InChI is InChI=1S/C21H25N5O3/c27-16-24-7-9-26(10-8-24)21(28)17-5-6-22-20(15-17)23-18-3-1-2-4-19(18)25-11-13-29-14-12-25/h1-6,15-16H,7-14H2,(H,22,23). The number of ether oxygens (including phenoxy) is 1. The van der Waals surface area contributed by atoms with Crippen molar-refractivity contribution < 1.29 is 14.3 Å². The van der Waals surface area contributed by atoms with Gasteiger partial charge in [-0.25, -0.2) is 4.98 Å². The van der Waals surface area contributed by atoms with Crippen LogP contribution >= 0.6 is 0 Å². The Morgan fingerprint density at radius 3 is 2.55 bits per heavy atom. The number of carbonyl (C=O) groups is 2. The number of nitrogens with zero attached hydrogens (tertiary/aromatic N) is 4. The van der Waals surface area contributed by atoms with Gasteiger partial charge in [0.15, 0.2) is 0 Å². The molecule has 8 nitrogen and oxygen atoms in total. The van der Waals surface area contributed by atoms with Crippen LogP contribution in [0.4, 0.5) is 17.2 Å². The number of para-hydroxylation sites is 2. The molecular weight excluding hydrogens is 370 g/mol. The average molecular weight is 395 g/mol. The number of nitrogens with one attached hydrogen (secondary N) is 1. The van der Waals surface area contributed by atoms with Gasteiger partial charge in [-0.2, -0.15) is 0 Å². The quantitative estimate of drug-likeness (QED) is 0.775. The summed E-state index contributed by atoms with van der Waals surface area (Å²) in [4.78, 5) is 33.9. The van der Waals surface area contributed by atoms with Crippen LogP contribution in [0.25, 0.3) is 0 Å². The van der Waals surface area contributed by atoms with E-state index in [4.69, 9.17) is 4.74 Å². The molecule has 1 N–H and O–H groups in total. The summed E-state index contributed by atoms with van der Waals surface area (Å²) >= 11 is 0. The van der Waals surface area contributed by atoms with Crippen LogP contribution in [-0.2, 0) is 9.53 Å². The number of aromatic nitrogens is 1. The second kappa shape index (κ2) is 8.91. The fourth-order valence-electron chi connectivity index (χ4n) is 3.64. The number of carbonyl (C=O) groups excluding carboxylic acids is 2. The maximum atomic E-state index is 12.9. The van der Waals surface area contributed by atoms with E-state index in [1.54, 1.807) is 28.1 Å². The molecule has 2 aliphatic heterocycles. The highest BCUT2D eigenvalue weighted by molar-refractivity contribution is 5.95. The van der Waals surface area contributed by atoms with Crippen LogP contribution in [0.2, 0.25) is 0 Å². The molecule has 1 aromatic carbocycles. The van der Waals surface area contributed by atoms with Gasteiger partial charge in [0.25, 0.3) is 5.91 Å². The van der Waals surface area contributed by atoms with Crippen molar-refractivity contribution in [3.63, 3.8) is 0 Å². The molecular formula is C21H25N5O3. The SMILES string of the molecule is O=CN1CCN(C(=O)c2ccnc(Nc3ccccc3N3CCOCC3)c2)CC1. The van der Waals surface area contributed by atoms with Gasteiger partial charge >= 0.3 is 0 Å². The van der Waals surface area contributed by atoms with Crippen molar-refractivity contribution in [2.75, 3.05) is 62.7 Å². The van der Waals surface area contributed by atoms with Gasteiger partial charge in [-0.05, 0) is 24.3 Å². The smallest absolute Gasteiger partial charge is 0.254 e. The molecule has 0 radical (unpaired) electrons. The summed E-state index contributed by atoms with van der Waals surface area (Å²) in [6, 6.07) is 11.6. The van der Waals surface area contributed by atoms with Crippen LogP contribution < -0.4 is 10.2 Å². The number of amides is 2. The van der Waals surface area contributed by atoms with Crippen molar-refractivity contribution in [1.29, 1.82) is 0 Å². The molecule has 1 aromatic heterocycles. The zero-order valence-electron chi connectivity index (χ0n) is 16.3. The van der Waals surface area contributed by atoms with Crippen molar-refractivity contribution >= 4 is 29.5 Å². The van der Waals surface area contributed by atoms with Crippen LogP contribution in [0.1, 0.15) is 10.4 Å². The molecule has 0 saturated carbocycles. The average Bonchev–Trinajstić information content (AvgIpc) is 2.80. The molecule has 0 spiro atoms. The number of benzene rings is 1. The van der Waals surface area contributed by atoms with Crippen molar-refractivity contribution in [1.82, 2.24) is 14.8 Å². The van der Waals surface area contributed by atoms with Gasteiger partial charge in [-0.15, -0.1) is 0 Å². The maximum absolute atomic E-state index is 12.9. The van der Waals surface area contributed by atoms with E-state index in [2.05, 4.69) is 21.3 Å². The monoisotopic (exact) mass is 395 g/mol. The Morgan fingerprint density at radius 1 is 1.03 bits per heavy atom. The highest BCUT2D eigenvalue weighted by Crippen LogP contribution is 2.29. The van der Waals surface area contributed by atoms with Crippen molar-refractivity contribution in [3.05, 3.63) is 48.2 Å². The number of hydrogen-bond acceptors (Lipinski definition) is 6. The second-order valence-electron chi connectivity index (χ2n) is 7.10. The molecule has 3 heterocycles. The highest BCUT2D eigenvalue weighted by Gasteiger charge is 2.22. The Bertz CT molecular complexity index is 861. The van der Waals surface area contributed by atoms with Gasteiger partial charge in [0.05, 0.1) is 24.6 Å². The zero-order chi connectivity index (χ0) is 20.1. The summed E-state index contributed by atoms with van der Waals surface area (Å²) in [6.07, 6.45) is 2.48. The van der Waals surface area contributed by atoms with E-state index in [0.717, 1.165) is 30.9 Å². The van der Waals surface area contributed by atoms with Gasteiger partial charge in [0, 0.05) is 51.0 Å². The molecule has 0 atom stereocenters. The van der Waals surface area contributed by atoms with E-state index in [9.17, 15) is 9.59 Å². The van der Waals surface area contributed by atoms with Crippen LogP contribution in [-0.4, -0.2) is 79.6 Å². The molecule has 0 aliphatic carbocycles. The lowest BCUT2D eigenvalue weighted by Gasteiger charge is -2.32. The summed E-state index contributed by atoms with van der Waals surface area (Å²) in [5.74, 6) is 0.588. The number of morpholine rings is 1.